The highest BCUT2D eigenvalue weighted by Gasteiger charge is 2.21. The van der Waals surface area contributed by atoms with E-state index in [0.29, 0.717) is 17.9 Å². The zero-order valence-corrected chi connectivity index (χ0v) is 15.6. The van der Waals surface area contributed by atoms with Gasteiger partial charge in [0.05, 0.1) is 0 Å². The lowest BCUT2D eigenvalue weighted by Gasteiger charge is -2.24. The third-order valence-electron chi connectivity index (χ3n) is 4.71. The number of aliphatic imine (C=N–C) groups is 1. The van der Waals surface area contributed by atoms with Gasteiger partial charge in [-0.05, 0) is 32.1 Å². The van der Waals surface area contributed by atoms with Crippen molar-refractivity contribution in [1.82, 2.24) is 20.1 Å². The first-order chi connectivity index (χ1) is 10.2. The van der Waals surface area contributed by atoms with Crippen LogP contribution in [0.15, 0.2) is 4.99 Å². The minimum Gasteiger partial charge on any atom is -0.370 e. The predicted octanol–water partition coefficient (Wildman–Crippen LogP) is 2.00. The fraction of sp³-hybridized carbons (Fsp3) is 0.800. The standard InChI is InChI=1S/C15H26N6.HI/c1-11-19-20-14-8-7-12(10-21(11)14)9-17-15(16)18-13-5-3-2-4-6-13;/h12-13H,2-10H2,1H3,(H3,16,17,18);1H. The van der Waals surface area contributed by atoms with Crippen molar-refractivity contribution in [2.45, 2.75) is 64.5 Å². The van der Waals surface area contributed by atoms with Crippen LogP contribution in [0.4, 0.5) is 0 Å². The number of hydrogen-bond donors (Lipinski definition) is 2. The first-order valence-corrected chi connectivity index (χ1v) is 8.17. The number of nitrogens with zero attached hydrogens (tertiary/aromatic N) is 4. The SMILES string of the molecule is Cc1nnc2n1CC(CN=C(N)NC1CCCCC1)CC2.I. The lowest BCUT2D eigenvalue weighted by molar-refractivity contribution is 0.368. The quantitative estimate of drug-likeness (QED) is 0.447. The minimum atomic E-state index is 0. The monoisotopic (exact) mass is 418 g/mol. The van der Waals surface area contributed by atoms with Gasteiger partial charge in [0.15, 0.2) is 5.96 Å². The van der Waals surface area contributed by atoms with E-state index in [2.05, 4.69) is 25.1 Å². The molecule has 1 unspecified atom stereocenters. The summed E-state index contributed by atoms with van der Waals surface area (Å²) in [5.74, 6) is 3.28. The number of nitrogens with one attached hydrogen (secondary N) is 1. The lowest BCUT2D eigenvalue weighted by atomic mass is 9.96. The van der Waals surface area contributed by atoms with Gasteiger partial charge in [-0.25, -0.2) is 0 Å². The number of nitrogens with two attached hydrogens (primary N) is 1. The van der Waals surface area contributed by atoms with Gasteiger partial charge in [0.25, 0.3) is 0 Å². The number of halogens is 1. The van der Waals surface area contributed by atoms with Gasteiger partial charge in [0.2, 0.25) is 0 Å². The van der Waals surface area contributed by atoms with E-state index < -0.39 is 0 Å². The Morgan fingerprint density at radius 3 is 2.82 bits per heavy atom. The molecule has 3 N–H and O–H groups in total. The van der Waals surface area contributed by atoms with Crippen molar-refractivity contribution in [3.8, 4) is 0 Å². The molecule has 6 nitrogen and oxygen atoms in total. The summed E-state index contributed by atoms with van der Waals surface area (Å²) in [6.45, 7) is 3.78. The molecule has 1 saturated carbocycles. The molecule has 0 spiro atoms. The molecule has 7 heteroatoms. The van der Waals surface area contributed by atoms with E-state index in [4.69, 9.17) is 5.73 Å². The number of fused-ring (bicyclic) bond motifs is 1. The first kappa shape index (κ1) is 17.5. The summed E-state index contributed by atoms with van der Waals surface area (Å²) in [4.78, 5) is 4.56. The summed E-state index contributed by atoms with van der Waals surface area (Å²) in [6, 6.07) is 0.528. The molecule has 1 aromatic heterocycles. The molecule has 3 rings (SSSR count). The molecule has 0 saturated heterocycles. The Balaban J connectivity index is 0.00000176. The maximum absolute atomic E-state index is 6.03. The molecule has 1 fully saturated rings. The topological polar surface area (TPSA) is 81.1 Å². The Hall–Kier alpha value is -0.860. The van der Waals surface area contributed by atoms with Crippen molar-refractivity contribution >= 4 is 29.9 Å². The summed E-state index contributed by atoms with van der Waals surface area (Å²) in [7, 11) is 0. The van der Waals surface area contributed by atoms with Crippen molar-refractivity contribution < 1.29 is 0 Å². The van der Waals surface area contributed by atoms with Gasteiger partial charge < -0.3 is 15.6 Å². The number of aromatic nitrogens is 3. The predicted molar refractivity (Wildman–Crippen MR) is 98.5 cm³/mol. The summed E-state index contributed by atoms with van der Waals surface area (Å²) in [5.41, 5.74) is 6.03. The minimum absolute atomic E-state index is 0. The van der Waals surface area contributed by atoms with Crippen LogP contribution in [0.5, 0.6) is 0 Å². The highest BCUT2D eigenvalue weighted by molar-refractivity contribution is 14.0. The van der Waals surface area contributed by atoms with E-state index in [9.17, 15) is 0 Å². The number of rotatable bonds is 3. The average molecular weight is 418 g/mol. The summed E-state index contributed by atoms with van der Waals surface area (Å²) < 4.78 is 2.22. The number of hydrogen-bond acceptors (Lipinski definition) is 3. The largest absolute Gasteiger partial charge is 0.370 e. The Bertz CT molecular complexity index is 506. The van der Waals surface area contributed by atoms with Gasteiger partial charge in [0, 0.05) is 25.6 Å². The van der Waals surface area contributed by atoms with Crippen LogP contribution in [0.2, 0.25) is 0 Å². The molecule has 2 aliphatic rings. The van der Waals surface area contributed by atoms with E-state index in [0.717, 1.165) is 37.6 Å². The summed E-state index contributed by atoms with van der Waals surface area (Å²) in [5, 5.41) is 11.7. The third kappa shape index (κ3) is 4.33. The fourth-order valence-electron chi connectivity index (χ4n) is 3.41. The Morgan fingerprint density at radius 2 is 2.05 bits per heavy atom. The summed E-state index contributed by atoms with van der Waals surface area (Å²) >= 11 is 0. The maximum Gasteiger partial charge on any atom is 0.188 e. The normalized spacial score (nSPS) is 22.8. The van der Waals surface area contributed by atoms with E-state index in [1.807, 2.05) is 6.92 Å². The smallest absolute Gasteiger partial charge is 0.188 e. The van der Waals surface area contributed by atoms with E-state index in [1.54, 1.807) is 0 Å². The van der Waals surface area contributed by atoms with Crippen LogP contribution in [-0.2, 0) is 13.0 Å². The van der Waals surface area contributed by atoms with Crippen LogP contribution >= 0.6 is 24.0 Å². The molecule has 0 aromatic carbocycles. The number of aryl methyl sites for hydroxylation is 2. The Kier molecular flexibility index (Phi) is 6.46. The molecule has 2 heterocycles. The zero-order valence-electron chi connectivity index (χ0n) is 13.3. The third-order valence-corrected chi connectivity index (χ3v) is 4.71. The van der Waals surface area contributed by atoms with Crippen molar-refractivity contribution in [3.05, 3.63) is 11.6 Å². The van der Waals surface area contributed by atoms with E-state index >= 15 is 0 Å². The molecular weight excluding hydrogens is 391 g/mol. The van der Waals surface area contributed by atoms with Crippen LogP contribution in [0.3, 0.4) is 0 Å². The second-order valence-electron chi connectivity index (χ2n) is 6.38. The average Bonchev–Trinajstić information content (AvgIpc) is 2.87. The highest BCUT2D eigenvalue weighted by atomic mass is 127. The van der Waals surface area contributed by atoms with Crippen molar-refractivity contribution in [1.29, 1.82) is 0 Å². The van der Waals surface area contributed by atoms with Crippen LogP contribution in [0.1, 0.15) is 50.2 Å². The Labute approximate surface area is 149 Å². The molecular formula is C15H27IN6. The molecule has 1 aliphatic heterocycles. The molecule has 1 aliphatic carbocycles. The van der Waals surface area contributed by atoms with Gasteiger partial charge in [-0.3, -0.25) is 4.99 Å². The molecule has 22 heavy (non-hydrogen) atoms. The highest BCUT2D eigenvalue weighted by Crippen LogP contribution is 2.20. The second-order valence-corrected chi connectivity index (χ2v) is 6.38. The van der Waals surface area contributed by atoms with Gasteiger partial charge in [-0.2, -0.15) is 0 Å². The van der Waals surface area contributed by atoms with Crippen molar-refractivity contribution in [3.63, 3.8) is 0 Å². The second kappa shape index (κ2) is 8.12. The van der Waals surface area contributed by atoms with Gasteiger partial charge >= 0.3 is 0 Å². The first-order valence-electron chi connectivity index (χ1n) is 8.17. The number of guanidine groups is 1. The van der Waals surface area contributed by atoms with E-state index in [-0.39, 0.29) is 24.0 Å². The molecule has 1 atom stereocenters. The zero-order chi connectivity index (χ0) is 14.7. The maximum atomic E-state index is 6.03. The lowest BCUT2D eigenvalue weighted by Crippen LogP contribution is -2.41. The summed E-state index contributed by atoms with van der Waals surface area (Å²) in [6.07, 6.45) is 8.55. The molecule has 1 aromatic rings. The van der Waals surface area contributed by atoms with Crippen LogP contribution in [0, 0.1) is 12.8 Å². The van der Waals surface area contributed by atoms with Gasteiger partial charge in [-0.15, -0.1) is 34.2 Å². The van der Waals surface area contributed by atoms with Gasteiger partial charge in [-0.1, -0.05) is 19.3 Å². The molecule has 124 valence electrons. The molecule has 0 radical (unpaired) electrons. The fourth-order valence-corrected chi connectivity index (χ4v) is 3.41. The molecule has 0 bridgehead atoms. The van der Waals surface area contributed by atoms with Crippen molar-refractivity contribution in [2.75, 3.05) is 6.54 Å². The van der Waals surface area contributed by atoms with Crippen molar-refractivity contribution in [2.24, 2.45) is 16.6 Å². The molecule has 0 amide bonds. The van der Waals surface area contributed by atoms with Gasteiger partial charge in [0.1, 0.15) is 11.6 Å². The van der Waals surface area contributed by atoms with Crippen LogP contribution in [-0.4, -0.2) is 33.3 Å². The van der Waals surface area contributed by atoms with E-state index in [1.165, 1.54) is 32.1 Å². The van der Waals surface area contributed by atoms with Crippen LogP contribution < -0.4 is 11.1 Å². The van der Waals surface area contributed by atoms with Crippen LogP contribution in [0.25, 0.3) is 0 Å². The Morgan fingerprint density at radius 1 is 1.27 bits per heavy atom.